The lowest BCUT2D eigenvalue weighted by molar-refractivity contribution is 0.416. The van der Waals surface area contributed by atoms with Gasteiger partial charge in [-0.1, -0.05) is 6.07 Å². The van der Waals surface area contributed by atoms with Crippen molar-refractivity contribution < 1.29 is 9.15 Å². The van der Waals surface area contributed by atoms with Gasteiger partial charge in [0.05, 0.1) is 7.11 Å². The molecule has 0 aliphatic heterocycles. The van der Waals surface area contributed by atoms with Gasteiger partial charge >= 0.3 is 0 Å². The van der Waals surface area contributed by atoms with Crippen molar-refractivity contribution >= 4 is 0 Å². The van der Waals surface area contributed by atoms with E-state index in [0.29, 0.717) is 0 Å². The van der Waals surface area contributed by atoms with Gasteiger partial charge in [0.1, 0.15) is 17.7 Å². The minimum absolute atomic E-state index is 0.793. The van der Waals surface area contributed by atoms with Crippen molar-refractivity contribution in [3.63, 3.8) is 0 Å². The van der Waals surface area contributed by atoms with Crippen molar-refractivity contribution in [1.29, 1.82) is 0 Å². The molecule has 1 aromatic heterocycles. The number of hydrogen-bond donors (Lipinski definition) is 0. The van der Waals surface area contributed by atoms with Gasteiger partial charge in [-0.25, -0.2) is 4.98 Å². The molecule has 3 heteroatoms. The zero-order valence-electron chi connectivity index (χ0n) is 8.15. The minimum atomic E-state index is 0.793. The smallest absolute Gasteiger partial charge is 0.181 e. The molecule has 1 aromatic carbocycles. The monoisotopic (exact) mass is 189 g/mol. The molecule has 0 aliphatic carbocycles. The molecule has 14 heavy (non-hydrogen) atoms. The Morgan fingerprint density at radius 2 is 2.21 bits per heavy atom. The Hall–Kier alpha value is -1.77. The number of rotatable bonds is 2. The van der Waals surface area contributed by atoms with Gasteiger partial charge in [0, 0.05) is 5.56 Å². The average molecular weight is 189 g/mol. The van der Waals surface area contributed by atoms with Crippen LogP contribution < -0.4 is 4.74 Å². The van der Waals surface area contributed by atoms with Crippen LogP contribution in [-0.2, 0) is 0 Å². The van der Waals surface area contributed by atoms with E-state index in [0.717, 1.165) is 22.6 Å². The lowest BCUT2D eigenvalue weighted by atomic mass is 10.1. The minimum Gasteiger partial charge on any atom is -0.496 e. The third kappa shape index (κ3) is 1.48. The first-order valence-electron chi connectivity index (χ1n) is 4.34. The summed E-state index contributed by atoms with van der Waals surface area (Å²) < 4.78 is 10.2. The van der Waals surface area contributed by atoms with Crippen molar-refractivity contribution in [3.8, 4) is 17.0 Å². The highest BCUT2D eigenvalue weighted by Gasteiger charge is 2.07. The molecule has 0 radical (unpaired) electrons. The van der Waals surface area contributed by atoms with E-state index in [-0.39, 0.29) is 0 Å². The lowest BCUT2D eigenvalue weighted by Gasteiger charge is -2.06. The molecule has 72 valence electrons. The predicted octanol–water partition coefficient (Wildman–Crippen LogP) is 2.66. The van der Waals surface area contributed by atoms with E-state index >= 15 is 0 Å². The number of methoxy groups -OCH3 is 1. The van der Waals surface area contributed by atoms with Gasteiger partial charge in [0.2, 0.25) is 0 Å². The van der Waals surface area contributed by atoms with E-state index in [1.54, 1.807) is 13.4 Å². The Morgan fingerprint density at radius 1 is 1.36 bits per heavy atom. The Labute approximate surface area is 82.3 Å². The molecule has 3 nitrogen and oxygen atoms in total. The molecule has 0 bridgehead atoms. The summed E-state index contributed by atoms with van der Waals surface area (Å²) in [6, 6.07) is 5.97. The molecule has 0 saturated carbocycles. The largest absolute Gasteiger partial charge is 0.496 e. The summed E-state index contributed by atoms with van der Waals surface area (Å²) in [6.07, 6.45) is 3.02. The summed E-state index contributed by atoms with van der Waals surface area (Å²) in [6.45, 7) is 2.02. The molecule has 0 N–H and O–H groups in total. The fourth-order valence-corrected chi connectivity index (χ4v) is 1.36. The van der Waals surface area contributed by atoms with Crippen molar-refractivity contribution in [2.24, 2.45) is 0 Å². The van der Waals surface area contributed by atoms with Crippen LogP contribution in [0, 0.1) is 6.92 Å². The molecule has 0 aliphatic rings. The second-order valence-electron chi connectivity index (χ2n) is 3.08. The van der Waals surface area contributed by atoms with Gasteiger partial charge in [0.25, 0.3) is 0 Å². The molecule has 2 rings (SSSR count). The fraction of sp³-hybridized carbons (Fsp3) is 0.182. The second-order valence-corrected chi connectivity index (χ2v) is 3.08. The third-order valence-electron chi connectivity index (χ3n) is 2.07. The number of aromatic nitrogens is 1. The van der Waals surface area contributed by atoms with Gasteiger partial charge < -0.3 is 9.15 Å². The van der Waals surface area contributed by atoms with Crippen LogP contribution in [0.5, 0.6) is 5.75 Å². The van der Waals surface area contributed by atoms with E-state index in [1.807, 2.05) is 25.1 Å². The molecule has 0 unspecified atom stereocenters. The first kappa shape index (κ1) is 8.81. The lowest BCUT2D eigenvalue weighted by Crippen LogP contribution is -1.88. The van der Waals surface area contributed by atoms with E-state index in [1.165, 1.54) is 6.39 Å². The summed E-state index contributed by atoms with van der Waals surface area (Å²) in [5.41, 5.74) is 2.91. The maximum atomic E-state index is 5.27. The molecule has 0 spiro atoms. The Balaban J connectivity index is 2.53. The molecule has 0 atom stereocenters. The SMILES string of the molecule is COc1cc(C)ccc1-c1cocn1. The Bertz CT molecular complexity index is 421. The first-order chi connectivity index (χ1) is 6.81. The number of aryl methyl sites for hydroxylation is 1. The molecule has 1 heterocycles. The van der Waals surface area contributed by atoms with Crippen LogP contribution in [0.25, 0.3) is 11.3 Å². The molecule has 0 fully saturated rings. The van der Waals surface area contributed by atoms with Gasteiger partial charge in [-0.2, -0.15) is 0 Å². The van der Waals surface area contributed by atoms with Crippen LogP contribution in [0.1, 0.15) is 5.56 Å². The quantitative estimate of drug-likeness (QED) is 0.728. The summed E-state index contributed by atoms with van der Waals surface area (Å²) in [7, 11) is 1.65. The predicted molar refractivity (Wildman–Crippen MR) is 53.2 cm³/mol. The highest BCUT2D eigenvalue weighted by molar-refractivity contribution is 5.66. The van der Waals surface area contributed by atoms with E-state index < -0.39 is 0 Å². The van der Waals surface area contributed by atoms with Crippen molar-refractivity contribution in [2.45, 2.75) is 6.92 Å². The zero-order chi connectivity index (χ0) is 9.97. The maximum absolute atomic E-state index is 5.27. The first-order valence-corrected chi connectivity index (χ1v) is 4.34. The van der Waals surface area contributed by atoms with Crippen LogP contribution in [0.15, 0.2) is 35.3 Å². The number of benzene rings is 1. The van der Waals surface area contributed by atoms with Crippen molar-refractivity contribution in [1.82, 2.24) is 4.98 Å². The Kier molecular flexibility index (Phi) is 2.23. The summed E-state index contributed by atoms with van der Waals surface area (Å²) >= 11 is 0. The van der Waals surface area contributed by atoms with Crippen LogP contribution in [0.2, 0.25) is 0 Å². The standard InChI is InChI=1S/C11H11NO2/c1-8-3-4-9(11(5-8)13-2)10-6-14-7-12-10/h3-7H,1-2H3. The Morgan fingerprint density at radius 3 is 2.86 bits per heavy atom. The normalized spacial score (nSPS) is 10.1. The fourth-order valence-electron chi connectivity index (χ4n) is 1.36. The van der Waals surface area contributed by atoms with Gasteiger partial charge in [-0.3, -0.25) is 0 Å². The third-order valence-corrected chi connectivity index (χ3v) is 2.07. The van der Waals surface area contributed by atoms with Crippen LogP contribution >= 0.6 is 0 Å². The van der Waals surface area contributed by atoms with E-state index in [2.05, 4.69) is 4.98 Å². The summed E-state index contributed by atoms with van der Waals surface area (Å²) in [5, 5.41) is 0. The number of hydrogen-bond acceptors (Lipinski definition) is 3. The van der Waals surface area contributed by atoms with E-state index in [9.17, 15) is 0 Å². The topological polar surface area (TPSA) is 35.3 Å². The molecule has 2 aromatic rings. The van der Waals surface area contributed by atoms with Gasteiger partial charge in [-0.05, 0) is 24.6 Å². The van der Waals surface area contributed by atoms with E-state index in [4.69, 9.17) is 9.15 Å². The number of oxazole rings is 1. The molecular weight excluding hydrogens is 178 g/mol. The molecule has 0 saturated heterocycles. The molecular formula is C11H11NO2. The van der Waals surface area contributed by atoms with Crippen LogP contribution in [-0.4, -0.2) is 12.1 Å². The van der Waals surface area contributed by atoms with Crippen LogP contribution in [0.4, 0.5) is 0 Å². The van der Waals surface area contributed by atoms with Gasteiger partial charge in [0.15, 0.2) is 6.39 Å². The molecule has 0 amide bonds. The van der Waals surface area contributed by atoms with Crippen LogP contribution in [0.3, 0.4) is 0 Å². The average Bonchev–Trinajstić information content (AvgIpc) is 2.70. The summed E-state index contributed by atoms with van der Waals surface area (Å²) in [4.78, 5) is 4.08. The number of ether oxygens (including phenoxy) is 1. The van der Waals surface area contributed by atoms with Crippen molar-refractivity contribution in [3.05, 3.63) is 36.4 Å². The highest BCUT2D eigenvalue weighted by Crippen LogP contribution is 2.29. The van der Waals surface area contributed by atoms with Crippen molar-refractivity contribution in [2.75, 3.05) is 7.11 Å². The second kappa shape index (κ2) is 3.54. The highest BCUT2D eigenvalue weighted by atomic mass is 16.5. The zero-order valence-corrected chi connectivity index (χ0v) is 8.15. The van der Waals surface area contributed by atoms with Gasteiger partial charge in [-0.15, -0.1) is 0 Å². The maximum Gasteiger partial charge on any atom is 0.181 e. The number of nitrogens with zero attached hydrogens (tertiary/aromatic N) is 1. The summed E-state index contributed by atoms with van der Waals surface area (Å²) in [5.74, 6) is 0.818.